The van der Waals surface area contributed by atoms with Crippen molar-refractivity contribution in [3.05, 3.63) is 0 Å². The zero-order chi connectivity index (χ0) is 12.0. The second-order valence-corrected chi connectivity index (χ2v) is 5.03. The number of ether oxygens (including phenoxy) is 1. The van der Waals surface area contributed by atoms with Crippen LogP contribution in [0.5, 0.6) is 0 Å². The third kappa shape index (κ3) is 4.37. The molecule has 1 atom stereocenters. The highest BCUT2D eigenvalue weighted by molar-refractivity contribution is 4.76. The van der Waals surface area contributed by atoms with E-state index >= 15 is 0 Å². The Bertz CT molecular complexity index is 181. The Balaban J connectivity index is 2.29. The molecule has 1 heterocycles. The molecule has 0 bridgehead atoms. The monoisotopic (exact) mass is 229 g/mol. The Labute approximate surface area is 99.7 Å². The van der Waals surface area contributed by atoms with Crippen molar-refractivity contribution in [3.8, 4) is 0 Å². The average Bonchev–Trinajstić information content (AvgIpc) is 2.29. The van der Waals surface area contributed by atoms with Gasteiger partial charge in [0.15, 0.2) is 0 Å². The van der Waals surface area contributed by atoms with Crippen LogP contribution in [0.3, 0.4) is 0 Å². The van der Waals surface area contributed by atoms with Crippen LogP contribution >= 0.6 is 0 Å². The molecule has 1 rings (SSSR count). The van der Waals surface area contributed by atoms with E-state index in [1.807, 2.05) is 0 Å². The molecule has 1 fully saturated rings. The summed E-state index contributed by atoms with van der Waals surface area (Å²) in [6.07, 6.45) is 2.62. The van der Waals surface area contributed by atoms with Crippen molar-refractivity contribution in [2.24, 2.45) is 11.7 Å². The van der Waals surface area contributed by atoms with E-state index in [0.717, 1.165) is 19.1 Å². The predicted octanol–water partition coefficient (Wildman–Crippen LogP) is 0.234. The second-order valence-electron chi connectivity index (χ2n) is 5.03. The Morgan fingerprint density at radius 2 is 2.06 bits per heavy atom. The van der Waals surface area contributed by atoms with E-state index in [1.165, 1.54) is 25.9 Å². The lowest BCUT2D eigenvalue weighted by molar-refractivity contribution is 0.0887. The maximum Gasteiger partial charge on any atom is 0.0630 e. The maximum atomic E-state index is 5.76. The van der Waals surface area contributed by atoms with Crippen molar-refractivity contribution in [2.45, 2.75) is 18.9 Å². The molecule has 0 aliphatic carbocycles. The van der Waals surface area contributed by atoms with E-state index in [2.05, 4.69) is 23.9 Å². The van der Waals surface area contributed by atoms with Crippen LogP contribution in [0.15, 0.2) is 0 Å². The molecule has 4 nitrogen and oxygen atoms in total. The van der Waals surface area contributed by atoms with Crippen molar-refractivity contribution < 1.29 is 4.74 Å². The molecule has 1 unspecified atom stereocenters. The molecule has 1 aliphatic heterocycles. The van der Waals surface area contributed by atoms with Gasteiger partial charge in [0.2, 0.25) is 0 Å². The standard InChI is InChI=1S/C12H27N3O/c1-14-6-4-11(5-7-14)9-15(2)12(8-13)10-16-3/h11-12H,4-10,13H2,1-3H3. The lowest BCUT2D eigenvalue weighted by Gasteiger charge is -2.34. The summed E-state index contributed by atoms with van der Waals surface area (Å²) in [6, 6.07) is 0.365. The highest BCUT2D eigenvalue weighted by Gasteiger charge is 2.21. The molecule has 4 heteroatoms. The normalized spacial score (nSPS) is 21.6. The molecule has 0 aromatic carbocycles. The summed E-state index contributed by atoms with van der Waals surface area (Å²) in [5, 5.41) is 0. The van der Waals surface area contributed by atoms with Crippen LogP contribution in [0.25, 0.3) is 0 Å². The second kappa shape index (κ2) is 7.22. The Morgan fingerprint density at radius 3 is 2.56 bits per heavy atom. The number of likely N-dealkylation sites (N-methyl/N-ethyl adjacent to an activating group) is 1. The van der Waals surface area contributed by atoms with Gasteiger partial charge >= 0.3 is 0 Å². The molecule has 0 spiro atoms. The SMILES string of the molecule is COCC(CN)N(C)CC1CCN(C)CC1. The fourth-order valence-corrected chi connectivity index (χ4v) is 2.37. The van der Waals surface area contributed by atoms with Crippen molar-refractivity contribution >= 4 is 0 Å². The topological polar surface area (TPSA) is 41.7 Å². The first kappa shape index (κ1) is 13.9. The number of hydrogen-bond donors (Lipinski definition) is 1. The molecule has 0 aromatic heterocycles. The smallest absolute Gasteiger partial charge is 0.0630 e. The van der Waals surface area contributed by atoms with Crippen molar-refractivity contribution in [1.29, 1.82) is 0 Å². The first-order valence-corrected chi connectivity index (χ1v) is 6.25. The first-order valence-electron chi connectivity index (χ1n) is 6.25. The first-order chi connectivity index (χ1) is 7.67. The number of methoxy groups -OCH3 is 1. The Morgan fingerprint density at radius 1 is 1.44 bits per heavy atom. The number of nitrogens with two attached hydrogens (primary N) is 1. The molecule has 0 saturated carbocycles. The number of nitrogens with zero attached hydrogens (tertiary/aromatic N) is 2. The quantitative estimate of drug-likeness (QED) is 0.708. The minimum Gasteiger partial charge on any atom is -0.383 e. The van der Waals surface area contributed by atoms with Crippen molar-refractivity contribution in [2.75, 3.05) is 54.0 Å². The Kier molecular flexibility index (Phi) is 6.28. The van der Waals surface area contributed by atoms with E-state index in [-0.39, 0.29) is 0 Å². The summed E-state index contributed by atoms with van der Waals surface area (Å²) in [4.78, 5) is 4.77. The van der Waals surface area contributed by atoms with Gasteiger partial charge in [0.25, 0.3) is 0 Å². The predicted molar refractivity (Wildman–Crippen MR) is 67.6 cm³/mol. The van der Waals surface area contributed by atoms with Crippen LogP contribution in [-0.2, 0) is 4.74 Å². The summed E-state index contributed by atoms with van der Waals surface area (Å²) >= 11 is 0. The molecule has 16 heavy (non-hydrogen) atoms. The average molecular weight is 229 g/mol. The summed E-state index contributed by atoms with van der Waals surface area (Å²) in [5.41, 5.74) is 5.76. The zero-order valence-electron chi connectivity index (χ0n) is 11.0. The third-order valence-electron chi connectivity index (χ3n) is 3.64. The number of piperidine rings is 1. The van der Waals surface area contributed by atoms with Gasteiger partial charge in [-0.05, 0) is 45.9 Å². The van der Waals surface area contributed by atoms with E-state index in [0.29, 0.717) is 12.6 Å². The molecule has 0 amide bonds. The van der Waals surface area contributed by atoms with Crippen LogP contribution in [0.1, 0.15) is 12.8 Å². The van der Waals surface area contributed by atoms with E-state index < -0.39 is 0 Å². The van der Waals surface area contributed by atoms with Gasteiger partial charge in [-0.1, -0.05) is 0 Å². The van der Waals surface area contributed by atoms with E-state index in [1.54, 1.807) is 7.11 Å². The lowest BCUT2D eigenvalue weighted by atomic mass is 9.96. The van der Waals surface area contributed by atoms with Crippen LogP contribution in [0.4, 0.5) is 0 Å². The summed E-state index contributed by atoms with van der Waals surface area (Å²) in [5.74, 6) is 0.826. The van der Waals surface area contributed by atoms with Gasteiger partial charge in [0, 0.05) is 26.2 Å². The summed E-state index contributed by atoms with van der Waals surface area (Å²) in [7, 11) is 6.11. The molecular weight excluding hydrogens is 202 g/mol. The van der Waals surface area contributed by atoms with Crippen LogP contribution in [0, 0.1) is 5.92 Å². The van der Waals surface area contributed by atoms with Gasteiger partial charge in [-0.3, -0.25) is 4.90 Å². The van der Waals surface area contributed by atoms with Crippen LogP contribution < -0.4 is 5.73 Å². The maximum absolute atomic E-state index is 5.76. The minimum absolute atomic E-state index is 0.365. The highest BCUT2D eigenvalue weighted by Crippen LogP contribution is 2.17. The van der Waals surface area contributed by atoms with Gasteiger partial charge in [-0.2, -0.15) is 0 Å². The molecule has 0 radical (unpaired) electrons. The van der Waals surface area contributed by atoms with Crippen LogP contribution in [0.2, 0.25) is 0 Å². The highest BCUT2D eigenvalue weighted by atomic mass is 16.5. The van der Waals surface area contributed by atoms with Crippen molar-refractivity contribution in [1.82, 2.24) is 9.80 Å². The lowest BCUT2D eigenvalue weighted by Crippen LogP contribution is -2.45. The van der Waals surface area contributed by atoms with Gasteiger partial charge in [-0.15, -0.1) is 0 Å². The molecule has 1 aliphatic rings. The van der Waals surface area contributed by atoms with E-state index in [4.69, 9.17) is 10.5 Å². The zero-order valence-corrected chi connectivity index (χ0v) is 11.0. The molecule has 0 aromatic rings. The summed E-state index contributed by atoms with van der Waals surface area (Å²) < 4.78 is 5.19. The van der Waals surface area contributed by atoms with Gasteiger partial charge in [-0.25, -0.2) is 0 Å². The number of likely N-dealkylation sites (tertiary alicyclic amines) is 1. The molecule has 2 N–H and O–H groups in total. The van der Waals surface area contributed by atoms with Gasteiger partial charge in [0.1, 0.15) is 0 Å². The van der Waals surface area contributed by atoms with Crippen LogP contribution in [-0.4, -0.2) is 69.8 Å². The summed E-state index contributed by atoms with van der Waals surface area (Å²) in [6.45, 7) is 5.03. The van der Waals surface area contributed by atoms with E-state index in [9.17, 15) is 0 Å². The Hall–Kier alpha value is -0.160. The molecule has 1 saturated heterocycles. The molecule has 96 valence electrons. The van der Waals surface area contributed by atoms with Gasteiger partial charge in [0.05, 0.1) is 6.61 Å². The number of rotatable bonds is 6. The number of hydrogen-bond acceptors (Lipinski definition) is 4. The fraction of sp³-hybridized carbons (Fsp3) is 1.00. The largest absolute Gasteiger partial charge is 0.383 e. The van der Waals surface area contributed by atoms with Gasteiger partial charge < -0.3 is 15.4 Å². The molecular formula is C12H27N3O. The fourth-order valence-electron chi connectivity index (χ4n) is 2.37. The minimum atomic E-state index is 0.365. The van der Waals surface area contributed by atoms with Crippen molar-refractivity contribution in [3.63, 3.8) is 0 Å². The third-order valence-corrected chi connectivity index (χ3v) is 3.64.